The number of methoxy groups -OCH3 is 1. The molecule has 1 amide bonds. The Morgan fingerprint density at radius 3 is 2.61 bits per heavy atom. The minimum Gasteiger partial charge on any atom is -0.493 e. The molecule has 164 valence electrons. The first-order valence-corrected chi connectivity index (χ1v) is 12.1. The number of allylic oxidation sites excluding steroid dienone is 1. The van der Waals surface area contributed by atoms with Gasteiger partial charge in [0.2, 0.25) is 5.91 Å². The van der Waals surface area contributed by atoms with Crippen LogP contribution in [0.15, 0.2) is 60.0 Å². The third-order valence-corrected chi connectivity index (χ3v) is 7.34. The molecule has 1 fully saturated rings. The van der Waals surface area contributed by atoms with Crippen molar-refractivity contribution in [3.63, 3.8) is 0 Å². The monoisotopic (exact) mass is 437 g/mol. The molecule has 0 radical (unpaired) electrons. The van der Waals surface area contributed by atoms with Gasteiger partial charge in [0.25, 0.3) is 0 Å². The van der Waals surface area contributed by atoms with Gasteiger partial charge in [0.15, 0.2) is 11.5 Å². The van der Waals surface area contributed by atoms with Gasteiger partial charge in [-0.2, -0.15) is 0 Å². The Kier molecular flexibility index (Phi) is 7.57. The topological polar surface area (TPSA) is 38.8 Å². The minimum atomic E-state index is 0.159. The second-order valence-electron chi connectivity index (χ2n) is 8.22. The molecule has 4 rings (SSSR count). The number of carbonyl (C=O) groups is 1. The number of likely N-dealkylation sites (tertiary alicyclic amines) is 1. The third kappa shape index (κ3) is 5.65. The Balaban J connectivity index is 1.50. The van der Waals surface area contributed by atoms with Crippen LogP contribution in [0.25, 0.3) is 0 Å². The maximum Gasteiger partial charge on any atom is 0.223 e. The molecule has 2 aromatic carbocycles. The molecule has 2 heterocycles. The van der Waals surface area contributed by atoms with Gasteiger partial charge in [0.05, 0.1) is 7.11 Å². The van der Waals surface area contributed by atoms with E-state index in [9.17, 15) is 4.79 Å². The van der Waals surface area contributed by atoms with Gasteiger partial charge < -0.3 is 14.4 Å². The zero-order valence-electron chi connectivity index (χ0n) is 18.2. The highest BCUT2D eigenvalue weighted by Gasteiger charge is 2.30. The van der Waals surface area contributed by atoms with Gasteiger partial charge in [-0.25, -0.2) is 0 Å². The summed E-state index contributed by atoms with van der Waals surface area (Å²) in [5, 5.41) is 2.55. The molecule has 2 unspecified atom stereocenters. The van der Waals surface area contributed by atoms with Gasteiger partial charge in [0.1, 0.15) is 6.61 Å². The summed E-state index contributed by atoms with van der Waals surface area (Å²) < 4.78 is 11.7. The molecule has 0 N–H and O–H groups in total. The summed E-state index contributed by atoms with van der Waals surface area (Å²) in [4.78, 5) is 15.1. The molecule has 0 aromatic heterocycles. The summed E-state index contributed by atoms with van der Waals surface area (Å²) in [6, 6.07) is 16.3. The number of hydrogen-bond acceptors (Lipinski definition) is 4. The van der Waals surface area contributed by atoms with Crippen molar-refractivity contribution < 1.29 is 14.3 Å². The van der Waals surface area contributed by atoms with Gasteiger partial charge in [-0.3, -0.25) is 4.79 Å². The fraction of sp³-hybridized carbons (Fsp3) is 0.423. The van der Waals surface area contributed by atoms with E-state index in [1.54, 1.807) is 7.11 Å². The average Bonchev–Trinajstić information content (AvgIpc) is 3.37. The molecule has 1 saturated heterocycles. The first kappa shape index (κ1) is 21.8. The maximum absolute atomic E-state index is 13.1. The summed E-state index contributed by atoms with van der Waals surface area (Å²) in [5.74, 6) is 1.89. The Hall–Kier alpha value is -2.40. The molecular weight excluding hydrogens is 406 g/mol. The lowest BCUT2D eigenvalue weighted by Crippen LogP contribution is -2.37. The second kappa shape index (κ2) is 10.8. The lowest BCUT2D eigenvalue weighted by Gasteiger charge is -2.30. The van der Waals surface area contributed by atoms with Crippen molar-refractivity contribution in [1.29, 1.82) is 0 Å². The van der Waals surface area contributed by atoms with E-state index in [-0.39, 0.29) is 11.8 Å². The van der Waals surface area contributed by atoms with Crippen LogP contribution in [0, 0.1) is 0 Å². The molecule has 0 saturated carbocycles. The number of rotatable bonds is 8. The normalized spacial score (nSPS) is 19.3. The van der Waals surface area contributed by atoms with Crippen LogP contribution >= 0.6 is 11.8 Å². The van der Waals surface area contributed by atoms with Crippen LogP contribution in [-0.4, -0.2) is 36.3 Å². The van der Waals surface area contributed by atoms with Crippen LogP contribution in [0.5, 0.6) is 11.5 Å². The van der Waals surface area contributed by atoms with Crippen molar-refractivity contribution in [1.82, 2.24) is 4.90 Å². The molecule has 2 aromatic rings. The molecular formula is C26H31NO3S. The van der Waals surface area contributed by atoms with E-state index in [0.717, 1.165) is 55.0 Å². The second-order valence-corrected chi connectivity index (χ2v) is 9.37. The van der Waals surface area contributed by atoms with Crippen LogP contribution in [-0.2, 0) is 11.4 Å². The molecule has 4 nitrogen and oxygen atoms in total. The summed E-state index contributed by atoms with van der Waals surface area (Å²) >= 11 is 1.84. The number of nitrogens with zero attached hydrogens (tertiary/aromatic N) is 1. The van der Waals surface area contributed by atoms with Crippen molar-refractivity contribution in [3.8, 4) is 11.5 Å². The van der Waals surface area contributed by atoms with Gasteiger partial charge in [0, 0.05) is 30.7 Å². The lowest BCUT2D eigenvalue weighted by atomic mass is 9.89. The van der Waals surface area contributed by atoms with E-state index in [0.29, 0.717) is 18.3 Å². The highest BCUT2D eigenvalue weighted by Crippen LogP contribution is 2.41. The fourth-order valence-electron chi connectivity index (χ4n) is 4.35. The van der Waals surface area contributed by atoms with Crippen molar-refractivity contribution in [3.05, 3.63) is 71.1 Å². The number of thioether (sulfide) groups is 1. The number of benzene rings is 2. The fourth-order valence-corrected chi connectivity index (χ4v) is 5.44. The smallest absolute Gasteiger partial charge is 0.223 e. The van der Waals surface area contributed by atoms with E-state index in [2.05, 4.69) is 28.5 Å². The number of piperidine rings is 1. The third-order valence-electron chi connectivity index (χ3n) is 6.12. The zero-order chi connectivity index (χ0) is 21.5. The summed E-state index contributed by atoms with van der Waals surface area (Å²) in [7, 11) is 1.67. The SMILES string of the molecule is COc1cc(C(CC(=O)N2CCCCC2)C2CC=CS2)ccc1OCc1ccccc1. The first-order chi connectivity index (χ1) is 15.2. The summed E-state index contributed by atoms with van der Waals surface area (Å²) in [5.41, 5.74) is 2.27. The molecule has 31 heavy (non-hydrogen) atoms. The Morgan fingerprint density at radius 2 is 1.90 bits per heavy atom. The van der Waals surface area contributed by atoms with Crippen LogP contribution < -0.4 is 9.47 Å². The van der Waals surface area contributed by atoms with E-state index in [1.165, 1.54) is 6.42 Å². The number of amides is 1. The Bertz CT molecular complexity index is 885. The molecule has 0 bridgehead atoms. The van der Waals surface area contributed by atoms with Crippen LogP contribution in [0.2, 0.25) is 0 Å². The number of ether oxygens (including phenoxy) is 2. The first-order valence-electron chi connectivity index (χ1n) is 11.2. The highest BCUT2D eigenvalue weighted by atomic mass is 32.2. The van der Waals surface area contributed by atoms with Crippen molar-refractivity contribution in [2.75, 3.05) is 20.2 Å². The highest BCUT2D eigenvalue weighted by molar-refractivity contribution is 8.03. The van der Waals surface area contributed by atoms with Crippen LogP contribution in [0.4, 0.5) is 0 Å². The molecule has 0 spiro atoms. The lowest BCUT2D eigenvalue weighted by molar-refractivity contribution is -0.132. The summed E-state index contributed by atoms with van der Waals surface area (Å²) in [6.07, 6.45) is 7.23. The van der Waals surface area contributed by atoms with Gasteiger partial charge in [-0.05, 0) is 54.4 Å². The molecule has 0 aliphatic carbocycles. The zero-order valence-corrected chi connectivity index (χ0v) is 19.0. The summed E-state index contributed by atoms with van der Waals surface area (Å²) in [6.45, 7) is 2.30. The predicted molar refractivity (Wildman–Crippen MR) is 127 cm³/mol. The number of hydrogen-bond donors (Lipinski definition) is 0. The molecule has 2 aliphatic heterocycles. The Labute approximate surface area is 189 Å². The number of carbonyl (C=O) groups excluding carboxylic acids is 1. The molecule has 5 heteroatoms. The Morgan fingerprint density at radius 1 is 1.10 bits per heavy atom. The van der Waals surface area contributed by atoms with Gasteiger partial charge >= 0.3 is 0 Å². The quantitative estimate of drug-likeness (QED) is 0.525. The maximum atomic E-state index is 13.1. The average molecular weight is 438 g/mol. The standard InChI is InChI=1S/C26H31NO3S/c1-29-24-17-21(12-13-23(24)30-19-20-9-4-2-5-10-20)22(25-11-8-16-31-25)18-26(28)27-14-6-3-7-15-27/h2,4-5,8-10,12-13,16-17,22,25H,3,6-7,11,14-15,18-19H2,1H3. The van der Waals surface area contributed by atoms with Gasteiger partial charge in [-0.1, -0.05) is 42.5 Å². The van der Waals surface area contributed by atoms with Crippen LogP contribution in [0.1, 0.15) is 49.1 Å². The van der Waals surface area contributed by atoms with Crippen molar-refractivity contribution in [2.24, 2.45) is 0 Å². The largest absolute Gasteiger partial charge is 0.493 e. The van der Waals surface area contributed by atoms with E-state index in [4.69, 9.17) is 9.47 Å². The molecule has 2 atom stereocenters. The van der Waals surface area contributed by atoms with Crippen LogP contribution in [0.3, 0.4) is 0 Å². The predicted octanol–water partition coefficient (Wildman–Crippen LogP) is 5.78. The van der Waals surface area contributed by atoms with E-state index >= 15 is 0 Å². The van der Waals surface area contributed by atoms with Gasteiger partial charge in [-0.15, -0.1) is 11.8 Å². The minimum absolute atomic E-state index is 0.159. The molecule has 2 aliphatic rings. The van der Waals surface area contributed by atoms with Crippen molar-refractivity contribution >= 4 is 17.7 Å². The van der Waals surface area contributed by atoms with E-state index < -0.39 is 0 Å². The van der Waals surface area contributed by atoms with E-state index in [1.807, 2.05) is 48.2 Å². The van der Waals surface area contributed by atoms with Crippen molar-refractivity contribution in [2.45, 2.75) is 49.9 Å².